The molecule has 0 saturated carbocycles. The third-order valence-corrected chi connectivity index (χ3v) is 2.06. The first kappa shape index (κ1) is 8.29. The van der Waals surface area contributed by atoms with E-state index in [0.29, 0.717) is 11.3 Å². The van der Waals surface area contributed by atoms with Crippen molar-refractivity contribution < 1.29 is 13.5 Å². The van der Waals surface area contributed by atoms with Crippen LogP contribution < -0.4 is 10.5 Å². The first-order valence-corrected chi connectivity index (χ1v) is 4.00. The normalized spacial score (nSPS) is 26.3. The Kier molecular flexibility index (Phi) is 1.83. The molecule has 0 saturated heterocycles. The van der Waals surface area contributed by atoms with Crippen LogP contribution >= 0.6 is 0 Å². The summed E-state index contributed by atoms with van der Waals surface area (Å²) in [5.41, 5.74) is 6.51. The van der Waals surface area contributed by atoms with Crippen LogP contribution in [0.25, 0.3) is 0 Å². The first-order valence-electron chi connectivity index (χ1n) is 4.00. The Bertz CT molecular complexity index is 329. The summed E-state index contributed by atoms with van der Waals surface area (Å²) in [6.45, 7) is 0. The highest BCUT2D eigenvalue weighted by Crippen LogP contribution is 2.34. The average molecular weight is 185 g/mol. The number of para-hydroxylation sites is 1. The lowest BCUT2D eigenvalue weighted by Crippen LogP contribution is -2.30. The molecule has 0 spiro atoms. The highest BCUT2D eigenvalue weighted by Gasteiger charge is 2.30. The molecule has 1 aromatic rings. The topological polar surface area (TPSA) is 35.2 Å². The number of benzene rings is 1. The van der Waals surface area contributed by atoms with Gasteiger partial charge in [0, 0.05) is 6.42 Å². The van der Waals surface area contributed by atoms with Gasteiger partial charge in [0.1, 0.15) is 5.75 Å². The van der Waals surface area contributed by atoms with Crippen molar-refractivity contribution in [3.8, 4) is 5.75 Å². The van der Waals surface area contributed by atoms with Gasteiger partial charge in [0.05, 0.1) is 5.69 Å². The summed E-state index contributed by atoms with van der Waals surface area (Å²) in [7, 11) is 0. The lowest BCUT2D eigenvalue weighted by Gasteiger charge is -2.24. The maximum atomic E-state index is 12.8. The minimum Gasteiger partial charge on any atom is -0.455 e. The van der Waals surface area contributed by atoms with E-state index >= 15 is 0 Å². The molecular weight excluding hydrogens is 176 g/mol. The fraction of sp³-hybridized carbons (Fsp3) is 0.333. The van der Waals surface area contributed by atoms with Gasteiger partial charge in [-0.05, 0) is 11.6 Å². The van der Waals surface area contributed by atoms with Crippen molar-refractivity contribution in [1.82, 2.24) is 0 Å². The first-order chi connectivity index (χ1) is 6.18. The van der Waals surface area contributed by atoms with Crippen molar-refractivity contribution >= 4 is 5.69 Å². The van der Waals surface area contributed by atoms with Crippen molar-refractivity contribution in [1.29, 1.82) is 0 Å². The highest BCUT2D eigenvalue weighted by molar-refractivity contribution is 5.57. The summed E-state index contributed by atoms with van der Waals surface area (Å²) in [5.74, 6) is 0.281. The van der Waals surface area contributed by atoms with Gasteiger partial charge in [-0.15, -0.1) is 0 Å². The molecule has 4 heteroatoms. The lowest BCUT2D eigenvalue weighted by atomic mass is 10.0. The molecule has 2 atom stereocenters. The minimum atomic E-state index is -1.89. The smallest absolute Gasteiger partial charge is 0.269 e. The van der Waals surface area contributed by atoms with Crippen LogP contribution in [0.15, 0.2) is 18.2 Å². The average Bonchev–Trinajstić information content (AvgIpc) is 2.09. The molecule has 1 aromatic carbocycles. The van der Waals surface area contributed by atoms with E-state index in [-0.39, 0.29) is 12.2 Å². The van der Waals surface area contributed by atoms with Crippen LogP contribution in [0.3, 0.4) is 0 Å². The van der Waals surface area contributed by atoms with E-state index in [1.54, 1.807) is 18.2 Å². The molecular formula is C9H9F2NO. The van der Waals surface area contributed by atoms with Gasteiger partial charge in [-0.2, -0.15) is 4.39 Å². The molecule has 2 N–H and O–H groups in total. The Hall–Kier alpha value is -1.32. The van der Waals surface area contributed by atoms with Gasteiger partial charge >= 0.3 is 0 Å². The number of fused-ring (bicyclic) bond motifs is 1. The van der Waals surface area contributed by atoms with Crippen LogP contribution in [-0.4, -0.2) is 12.5 Å². The molecule has 0 radical (unpaired) electrons. The minimum absolute atomic E-state index is 0.0293. The van der Waals surface area contributed by atoms with E-state index in [1.807, 2.05) is 0 Å². The van der Waals surface area contributed by atoms with Gasteiger partial charge in [-0.1, -0.05) is 12.1 Å². The molecule has 1 aliphatic heterocycles. The number of nitrogen functional groups attached to an aromatic ring is 1. The second-order valence-electron chi connectivity index (χ2n) is 3.02. The van der Waals surface area contributed by atoms with Crippen LogP contribution in [0.5, 0.6) is 5.75 Å². The molecule has 1 aliphatic rings. The summed E-state index contributed by atoms with van der Waals surface area (Å²) in [5, 5.41) is 0. The maximum absolute atomic E-state index is 12.8. The van der Waals surface area contributed by atoms with Gasteiger partial charge in [0.25, 0.3) is 6.36 Å². The van der Waals surface area contributed by atoms with Crippen molar-refractivity contribution in [3.63, 3.8) is 0 Å². The molecule has 0 aromatic heterocycles. The molecule has 70 valence electrons. The van der Waals surface area contributed by atoms with Crippen molar-refractivity contribution in [2.45, 2.75) is 19.0 Å². The number of hydrogen-bond donors (Lipinski definition) is 1. The zero-order valence-corrected chi connectivity index (χ0v) is 6.84. The second-order valence-corrected chi connectivity index (χ2v) is 3.02. The number of nitrogens with two attached hydrogens (primary N) is 1. The van der Waals surface area contributed by atoms with Crippen LogP contribution in [-0.2, 0) is 6.42 Å². The Morgan fingerprint density at radius 1 is 1.38 bits per heavy atom. The molecule has 2 unspecified atom stereocenters. The predicted octanol–water partition coefficient (Wildman–Crippen LogP) is 1.84. The van der Waals surface area contributed by atoms with Gasteiger partial charge in [0.15, 0.2) is 6.17 Å². The van der Waals surface area contributed by atoms with Gasteiger partial charge in [-0.3, -0.25) is 0 Å². The van der Waals surface area contributed by atoms with Crippen molar-refractivity contribution in [2.75, 3.05) is 5.73 Å². The zero-order valence-electron chi connectivity index (χ0n) is 6.84. The van der Waals surface area contributed by atoms with E-state index in [4.69, 9.17) is 10.5 Å². The highest BCUT2D eigenvalue weighted by atomic mass is 19.2. The molecule has 13 heavy (non-hydrogen) atoms. The van der Waals surface area contributed by atoms with E-state index in [0.717, 1.165) is 0 Å². The third-order valence-electron chi connectivity index (χ3n) is 2.06. The number of hydrogen-bond acceptors (Lipinski definition) is 2. The van der Waals surface area contributed by atoms with E-state index in [1.165, 1.54) is 0 Å². The van der Waals surface area contributed by atoms with Gasteiger partial charge in [-0.25, -0.2) is 4.39 Å². The van der Waals surface area contributed by atoms with Crippen LogP contribution in [0.4, 0.5) is 14.5 Å². The molecule has 0 amide bonds. The van der Waals surface area contributed by atoms with Gasteiger partial charge < -0.3 is 10.5 Å². The summed E-state index contributed by atoms with van der Waals surface area (Å²) in [6.07, 6.45) is -3.45. The SMILES string of the molecule is Nc1cccc2c1OC(F)C(F)C2. The Labute approximate surface area is 74.3 Å². The van der Waals surface area contributed by atoms with Crippen LogP contribution in [0, 0.1) is 0 Å². The monoisotopic (exact) mass is 185 g/mol. The van der Waals surface area contributed by atoms with E-state index < -0.39 is 12.5 Å². The number of rotatable bonds is 0. The Morgan fingerprint density at radius 2 is 2.15 bits per heavy atom. The molecule has 0 fully saturated rings. The fourth-order valence-electron chi connectivity index (χ4n) is 1.40. The van der Waals surface area contributed by atoms with Gasteiger partial charge in [0.2, 0.25) is 0 Å². The zero-order chi connectivity index (χ0) is 9.42. The second kappa shape index (κ2) is 2.87. The van der Waals surface area contributed by atoms with Crippen molar-refractivity contribution in [2.24, 2.45) is 0 Å². The van der Waals surface area contributed by atoms with E-state index in [2.05, 4.69) is 0 Å². The van der Waals surface area contributed by atoms with Crippen molar-refractivity contribution in [3.05, 3.63) is 23.8 Å². The summed E-state index contributed by atoms with van der Waals surface area (Å²) >= 11 is 0. The molecule has 0 aliphatic carbocycles. The number of halogens is 2. The van der Waals surface area contributed by atoms with Crippen LogP contribution in [0.2, 0.25) is 0 Å². The maximum Gasteiger partial charge on any atom is 0.269 e. The molecule has 1 heterocycles. The predicted molar refractivity (Wildman–Crippen MR) is 45.0 cm³/mol. The van der Waals surface area contributed by atoms with E-state index in [9.17, 15) is 8.78 Å². The number of anilines is 1. The quantitative estimate of drug-likeness (QED) is 0.626. The lowest BCUT2D eigenvalue weighted by molar-refractivity contribution is -0.0176. The largest absolute Gasteiger partial charge is 0.455 e. The summed E-state index contributed by atoms with van der Waals surface area (Å²) in [4.78, 5) is 0. The Morgan fingerprint density at radius 3 is 2.92 bits per heavy atom. The fourth-order valence-corrected chi connectivity index (χ4v) is 1.40. The third kappa shape index (κ3) is 1.32. The standard InChI is InChI=1S/C9H9F2NO/c10-6-4-5-2-1-3-7(12)8(5)13-9(6)11/h1-3,6,9H,4,12H2. The Balaban J connectivity index is 2.42. The van der Waals surface area contributed by atoms with Crippen LogP contribution in [0.1, 0.15) is 5.56 Å². The number of ether oxygens (including phenoxy) is 1. The summed E-state index contributed by atoms with van der Waals surface area (Å²) in [6, 6.07) is 4.98. The molecule has 2 rings (SSSR count). The number of alkyl halides is 2. The summed E-state index contributed by atoms with van der Waals surface area (Å²) < 4.78 is 30.3. The molecule has 2 nitrogen and oxygen atoms in total. The molecule has 0 bridgehead atoms.